The molecule has 1 aliphatic heterocycles. The zero-order chi connectivity index (χ0) is 15.7. The van der Waals surface area contributed by atoms with Gasteiger partial charge in [0.2, 0.25) is 0 Å². The van der Waals surface area contributed by atoms with E-state index in [4.69, 9.17) is 4.74 Å². The molecular weight excluding hydrogens is 258 g/mol. The second-order valence-electron chi connectivity index (χ2n) is 6.97. The predicted octanol–water partition coefficient (Wildman–Crippen LogP) is 4.34. The fraction of sp³-hybridized carbons (Fsp3) is 0.895. The van der Waals surface area contributed by atoms with Crippen molar-refractivity contribution in [1.29, 1.82) is 0 Å². The highest BCUT2D eigenvalue weighted by molar-refractivity contribution is 5.05. The third-order valence-corrected chi connectivity index (χ3v) is 4.13. The molecule has 0 amide bonds. The molecule has 1 aliphatic rings. The fourth-order valence-corrected chi connectivity index (χ4v) is 2.92. The van der Waals surface area contributed by atoms with Crippen LogP contribution in [0.25, 0.3) is 0 Å². The largest absolute Gasteiger partial charge is 0.362 e. The van der Waals surface area contributed by atoms with Gasteiger partial charge in [0.15, 0.2) is 0 Å². The number of ether oxygens (including phenoxy) is 1. The molecule has 1 heterocycles. The molecule has 0 saturated carbocycles. The first-order valence-electron chi connectivity index (χ1n) is 8.90. The fourth-order valence-electron chi connectivity index (χ4n) is 2.92. The van der Waals surface area contributed by atoms with E-state index in [9.17, 15) is 0 Å². The Morgan fingerprint density at radius 2 is 1.76 bits per heavy atom. The Balaban J connectivity index is 2.21. The SMILES string of the molecule is CCCCC(C)CN1CCC(O[C@H](C)C#CC(C)C)CC1. The molecule has 1 fully saturated rings. The van der Waals surface area contributed by atoms with Crippen molar-refractivity contribution in [1.82, 2.24) is 4.90 Å². The van der Waals surface area contributed by atoms with Gasteiger partial charge in [0, 0.05) is 25.6 Å². The molecule has 0 bridgehead atoms. The summed E-state index contributed by atoms with van der Waals surface area (Å²) in [5.74, 6) is 7.68. The van der Waals surface area contributed by atoms with Crippen molar-refractivity contribution in [2.75, 3.05) is 19.6 Å². The minimum Gasteiger partial charge on any atom is -0.362 e. The number of nitrogens with zero attached hydrogens (tertiary/aromatic N) is 1. The van der Waals surface area contributed by atoms with Crippen LogP contribution in [0.4, 0.5) is 0 Å². The van der Waals surface area contributed by atoms with E-state index in [-0.39, 0.29) is 6.10 Å². The van der Waals surface area contributed by atoms with Crippen LogP contribution in [0.3, 0.4) is 0 Å². The summed E-state index contributed by atoms with van der Waals surface area (Å²) in [5.41, 5.74) is 0. The minimum atomic E-state index is 0.0763. The third kappa shape index (κ3) is 8.49. The van der Waals surface area contributed by atoms with Gasteiger partial charge in [-0.3, -0.25) is 0 Å². The van der Waals surface area contributed by atoms with Gasteiger partial charge in [0.25, 0.3) is 0 Å². The Morgan fingerprint density at radius 1 is 1.10 bits per heavy atom. The molecule has 1 unspecified atom stereocenters. The molecule has 2 atom stereocenters. The first-order valence-corrected chi connectivity index (χ1v) is 8.90. The molecule has 0 N–H and O–H groups in total. The van der Waals surface area contributed by atoms with Gasteiger partial charge in [-0.1, -0.05) is 52.4 Å². The van der Waals surface area contributed by atoms with Crippen LogP contribution in [-0.2, 0) is 4.74 Å². The van der Waals surface area contributed by atoms with E-state index in [1.165, 1.54) is 38.9 Å². The van der Waals surface area contributed by atoms with Crippen molar-refractivity contribution in [2.45, 2.75) is 78.9 Å². The number of hydrogen-bond donors (Lipinski definition) is 0. The van der Waals surface area contributed by atoms with Gasteiger partial charge in [-0.2, -0.15) is 0 Å². The Morgan fingerprint density at radius 3 is 2.33 bits per heavy atom. The molecule has 0 aromatic carbocycles. The normalized spacial score (nSPS) is 20.1. The van der Waals surface area contributed by atoms with Crippen molar-refractivity contribution >= 4 is 0 Å². The topological polar surface area (TPSA) is 12.5 Å². The van der Waals surface area contributed by atoms with E-state index in [0.29, 0.717) is 12.0 Å². The quantitative estimate of drug-likeness (QED) is 0.647. The predicted molar refractivity (Wildman–Crippen MR) is 91.3 cm³/mol. The summed E-state index contributed by atoms with van der Waals surface area (Å²) < 4.78 is 6.06. The van der Waals surface area contributed by atoms with Crippen molar-refractivity contribution in [3.05, 3.63) is 0 Å². The molecule has 1 rings (SSSR count). The van der Waals surface area contributed by atoms with Gasteiger partial charge < -0.3 is 9.64 Å². The maximum absolute atomic E-state index is 6.06. The van der Waals surface area contributed by atoms with E-state index in [2.05, 4.69) is 51.4 Å². The zero-order valence-electron chi connectivity index (χ0n) is 14.8. The van der Waals surface area contributed by atoms with Crippen molar-refractivity contribution in [3.8, 4) is 11.8 Å². The van der Waals surface area contributed by atoms with Crippen LogP contribution < -0.4 is 0 Å². The Labute approximate surface area is 132 Å². The number of piperidine rings is 1. The first kappa shape index (κ1) is 18.5. The molecule has 0 aromatic rings. The second-order valence-corrected chi connectivity index (χ2v) is 6.97. The summed E-state index contributed by atoms with van der Waals surface area (Å²) in [7, 11) is 0. The standard InChI is InChI=1S/C19H35NO/c1-6-7-8-17(4)15-20-13-11-19(12-14-20)21-18(5)10-9-16(2)3/h16-19H,6-8,11-15H2,1-5H3/t17?,18-/m1/s1. The number of hydrogen-bond acceptors (Lipinski definition) is 2. The van der Waals surface area contributed by atoms with Crippen LogP contribution in [0.2, 0.25) is 0 Å². The van der Waals surface area contributed by atoms with Crippen LogP contribution in [0.5, 0.6) is 0 Å². The van der Waals surface area contributed by atoms with Crippen LogP contribution in [-0.4, -0.2) is 36.7 Å². The molecule has 2 nitrogen and oxygen atoms in total. The molecule has 122 valence electrons. The minimum absolute atomic E-state index is 0.0763. The van der Waals surface area contributed by atoms with E-state index < -0.39 is 0 Å². The second kappa shape index (κ2) is 10.2. The summed E-state index contributed by atoms with van der Waals surface area (Å²) >= 11 is 0. The molecule has 0 aromatic heterocycles. The lowest BCUT2D eigenvalue weighted by Gasteiger charge is -2.34. The van der Waals surface area contributed by atoms with Crippen LogP contribution in [0, 0.1) is 23.7 Å². The van der Waals surface area contributed by atoms with Gasteiger partial charge in [0.1, 0.15) is 6.10 Å². The maximum Gasteiger partial charge on any atom is 0.115 e. The van der Waals surface area contributed by atoms with E-state index >= 15 is 0 Å². The lowest BCUT2D eigenvalue weighted by Crippen LogP contribution is -2.40. The van der Waals surface area contributed by atoms with E-state index in [0.717, 1.165) is 18.8 Å². The molecule has 21 heavy (non-hydrogen) atoms. The van der Waals surface area contributed by atoms with Crippen molar-refractivity contribution < 1.29 is 4.74 Å². The van der Waals surface area contributed by atoms with Gasteiger partial charge in [0.05, 0.1) is 6.10 Å². The van der Waals surface area contributed by atoms with Crippen molar-refractivity contribution in [2.24, 2.45) is 11.8 Å². The van der Waals surface area contributed by atoms with E-state index in [1.54, 1.807) is 0 Å². The smallest absolute Gasteiger partial charge is 0.115 e. The van der Waals surface area contributed by atoms with E-state index in [1.807, 2.05) is 0 Å². The molecule has 0 spiro atoms. The summed E-state index contributed by atoms with van der Waals surface area (Å²) in [4.78, 5) is 2.62. The average Bonchev–Trinajstić information content (AvgIpc) is 2.45. The summed E-state index contributed by atoms with van der Waals surface area (Å²) in [6.45, 7) is 14.6. The lowest BCUT2D eigenvalue weighted by molar-refractivity contribution is -0.0140. The van der Waals surface area contributed by atoms with Gasteiger partial charge in [-0.05, 0) is 32.1 Å². The molecule has 0 aliphatic carbocycles. The molecular formula is C19H35NO. The average molecular weight is 293 g/mol. The maximum atomic E-state index is 6.06. The van der Waals surface area contributed by atoms with Gasteiger partial charge in [-0.15, -0.1) is 0 Å². The summed E-state index contributed by atoms with van der Waals surface area (Å²) in [5, 5.41) is 0. The highest BCUT2D eigenvalue weighted by Crippen LogP contribution is 2.18. The first-order chi connectivity index (χ1) is 10.0. The number of likely N-dealkylation sites (tertiary alicyclic amines) is 1. The van der Waals surface area contributed by atoms with Crippen molar-refractivity contribution in [3.63, 3.8) is 0 Å². The highest BCUT2D eigenvalue weighted by Gasteiger charge is 2.21. The highest BCUT2D eigenvalue weighted by atomic mass is 16.5. The Hall–Kier alpha value is -0.520. The van der Waals surface area contributed by atoms with Crippen LogP contribution >= 0.6 is 0 Å². The third-order valence-electron chi connectivity index (χ3n) is 4.13. The molecule has 2 heteroatoms. The van der Waals surface area contributed by atoms with Crippen LogP contribution in [0.1, 0.15) is 66.7 Å². The summed E-state index contributed by atoms with van der Waals surface area (Å²) in [6, 6.07) is 0. The molecule has 0 radical (unpaired) electrons. The van der Waals surface area contributed by atoms with Crippen LogP contribution in [0.15, 0.2) is 0 Å². The molecule has 1 saturated heterocycles. The summed E-state index contributed by atoms with van der Waals surface area (Å²) in [6.07, 6.45) is 6.86. The number of unbranched alkanes of at least 4 members (excludes halogenated alkanes) is 1. The van der Waals surface area contributed by atoms with Gasteiger partial charge >= 0.3 is 0 Å². The number of rotatable bonds is 7. The lowest BCUT2D eigenvalue weighted by atomic mass is 10.0. The zero-order valence-corrected chi connectivity index (χ0v) is 14.8. The Bertz CT molecular complexity index is 320. The van der Waals surface area contributed by atoms with Gasteiger partial charge in [-0.25, -0.2) is 0 Å². The Kier molecular flexibility index (Phi) is 9.04. The monoisotopic (exact) mass is 293 g/mol.